The fourth-order valence-electron chi connectivity index (χ4n) is 1.97. The zero-order chi connectivity index (χ0) is 10.7. The standard InChI is InChI=1S/C12H13ClN2/c13-12-4-3-10-8-15(6-2-1-5-14)9-11(10)7-12/h3-4,7H,1-2,6,8-9H2. The average molecular weight is 221 g/mol. The largest absolute Gasteiger partial charge is 0.295 e. The highest BCUT2D eigenvalue weighted by atomic mass is 35.5. The fraction of sp³-hybridized carbons (Fsp3) is 0.417. The maximum atomic E-state index is 8.46. The Kier molecular flexibility index (Phi) is 3.25. The quantitative estimate of drug-likeness (QED) is 0.733. The van der Waals surface area contributed by atoms with Crippen LogP contribution in [0.2, 0.25) is 5.02 Å². The van der Waals surface area contributed by atoms with E-state index in [1.165, 1.54) is 11.1 Å². The molecular weight excluding hydrogens is 208 g/mol. The van der Waals surface area contributed by atoms with Gasteiger partial charge >= 0.3 is 0 Å². The van der Waals surface area contributed by atoms with Gasteiger partial charge in [-0.3, -0.25) is 4.90 Å². The molecule has 0 radical (unpaired) electrons. The minimum Gasteiger partial charge on any atom is -0.295 e. The van der Waals surface area contributed by atoms with Crippen molar-refractivity contribution in [1.29, 1.82) is 5.26 Å². The van der Waals surface area contributed by atoms with Crippen molar-refractivity contribution < 1.29 is 0 Å². The molecule has 1 aromatic carbocycles. The Morgan fingerprint density at radius 1 is 1.33 bits per heavy atom. The molecule has 1 heterocycles. The lowest BCUT2D eigenvalue weighted by Crippen LogP contribution is -2.17. The number of nitrogens with zero attached hydrogens (tertiary/aromatic N) is 2. The number of hydrogen-bond donors (Lipinski definition) is 0. The first kappa shape index (κ1) is 10.5. The normalized spacial score (nSPS) is 14.9. The van der Waals surface area contributed by atoms with Crippen molar-refractivity contribution in [3.63, 3.8) is 0 Å². The molecule has 0 bridgehead atoms. The van der Waals surface area contributed by atoms with Crippen LogP contribution in [-0.2, 0) is 13.1 Å². The molecule has 0 amide bonds. The Morgan fingerprint density at radius 3 is 2.93 bits per heavy atom. The second-order valence-electron chi connectivity index (χ2n) is 3.89. The van der Waals surface area contributed by atoms with Crippen LogP contribution in [0.15, 0.2) is 18.2 Å². The number of benzene rings is 1. The first-order valence-electron chi connectivity index (χ1n) is 5.16. The van der Waals surface area contributed by atoms with Crippen LogP contribution < -0.4 is 0 Å². The third-order valence-electron chi connectivity index (χ3n) is 2.72. The Balaban J connectivity index is 1.95. The van der Waals surface area contributed by atoms with E-state index in [1.807, 2.05) is 12.1 Å². The van der Waals surface area contributed by atoms with Gasteiger partial charge in [0.1, 0.15) is 0 Å². The van der Waals surface area contributed by atoms with Gasteiger partial charge in [0.25, 0.3) is 0 Å². The highest BCUT2D eigenvalue weighted by Gasteiger charge is 2.17. The molecule has 15 heavy (non-hydrogen) atoms. The summed E-state index contributed by atoms with van der Waals surface area (Å²) in [6.07, 6.45) is 1.60. The van der Waals surface area contributed by atoms with Crippen molar-refractivity contribution >= 4 is 11.6 Å². The molecule has 0 aromatic heterocycles. The number of nitriles is 1. The molecule has 0 aliphatic carbocycles. The number of fused-ring (bicyclic) bond motifs is 1. The molecular formula is C12H13ClN2. The molecule has 0 atom stereocenters. The van der Waals surface area contributed by atoms with Gasteiger partial charge in [-0.2, -0.15) is 5.26 Å². The molecule has 0 saturated heterocycles. The lowest BCUT2D eigenvalue weighted by atomic mass is 10.1. The lowest BCUT2D eigenvalue weighted by Gasteiger charge is -2.12. The van der Waals surface area contributed by atoms with Gasteiger partial charge in [0.15, 0.2) is 0 Å². The molecule has 0 fully saturated rings. The van der Waals surface area contributed by atoms with Gasteiger partial charge in [-0.1, -0.05) is 17.7 Å². The maximum Gasteiger partial charge on any atom is 0.0622 e. The molecule has 0 saturated carbocycles. The Labute approximate surface area is 95.1 Å². The lowest BCUT2D eigenvalue weighted by molar-refractivity contribution is 0.281. The van der Waals surface area contributed by atoms with Crippen LogP contribution in [0.1, 0.15) is 24.0 Å². The number of unbranched alkanes of at least 4 members (excludes halogenated alkanes) is 1. The van der Waals surface area contributed by atoms with Crippen LogP contribution >= 0.6 is 11.6 Å². The predicted molar refractivity (Wildman–Crippen MR) is 60.4 cm³/mol. The van der Waals surface area contributed by atoms with Crippen LogP contribution in [0.4, 0.5) is 0 Å². The number of halogens is 1. The Morgan fingerprint density at radius 2 is 2.13 bits per heavy atom. The van der Waals surface area contributed by atoms with Crippen molar-refractivity contribution in [2.75, 3.05) is 6.54 Å². The average Bonchev–Trinajstić information content (AvgIpc) is 2.60. The fourth-order valence-corrected chi connectivity index (χ4v) is 2.17. The van der Waals surface area contributed by atoms with Crippen LogP contribution in [0.25, 0.3) is 0 Å². The summed E-state index contributed by atoms with van der Waals surface area (Å²) in [5.41, 5.74) is 2.70. The van der Waals surface area contributed by atoms with Crippen LogP contribution in [0, 0.1) is 11.3 Å². The van der Waals surface area contributed by atoms with Crippen LogP contribution in [0.3, 0.4) is 0 Å². The van der Waals surface area contributed by atoms with Gasteiger partial charge in [-0.25, -0.2) is 0 Å². The summed E-state index contributed by atoms with van der Waals surface area (Å²) in [4.78, 5) is 2.36. The highest BCUT2D eigenvalue weighted by Crippen LogP contribution is 2.25. The summed E-state index contributed by atoms with van der Waals surface area (Å²) < 4.78 is 0. The first-order chi connectivity index (χ1) is 7.29. The molecule has 1 aliphatic heterocycles. The van der Waals surface area contributed by atoms with Gasteiger partial charge < -0.3 is 0 Å². The van der Waals surface area contributed by atoms with E-state index >= 15 is 0 Å². The summed E-state index contributed by atoms with van der Waals surface area (Å²) >= 11 is 5.94. The topological polar surface area (TPSA) is 27.0 Å². The molecule has 1 aromatic rings. The monoisotopic (exact) mass is 220 g/mol. The SMILES string of the molecule is N#CCCCN1Cc2ccc(Cl)cc2C1. The van der Waals surface area contributed by atoms with Crippen molar-refractivity contribution in [1.82, 2.24) is 4.90 Å². The number of rotatable bonds is 3. The summed E-state index contributed by atoms with van der Waals surface area (Å²) in [5, 5.41) is 9.28. The predicted octanol–water partition coefficient (Wildman–Crippen LogP) is 2.96. The molecule has 2 rings (SSSR count). The molecule has 1 aliphatic rings. The van der Waals surface area contributed by atoms with Gasteiger partial charge in [-0.15, -0.1) is 0 Å². The smallest absolute Gasteiger partial charge is 0.0622 e. The molecule has 2 nitrogen and oxygen atoms in total. The highest BCUT2D eigenvalue weighted by molar-refractivity contribution is 6.30. The van der Waals surface area contributed by atoms with Gasteiger partial charge in [-0.05, 0) is 36.2 Å². The van der Waals surface area contributed by atoms with E-state index in [0.717, 1.165) is 31.1 Å². The van der Waals surface area contributed by atoms with E-state index in [0.29, 0.717) is 6.42 Å². The van der Waals surface area contributed by atoms with E-state index in [1.54, 1.807) is 0 Å². The minimum absolute atomic E-state index is 0.646. The molecule has 78 valence electrons. The molecule has 0 N–H and O–H groups in total. The van der Waals surface area contributed by atoms with E-state index in [9.17, 15) is 0 Å². The van der Waals surface area contributed by atoms with Crippen LogP contribution in [-0.4, -0.2) is 11.4 Å². The van der Waals surface area contributed by atoms with Crippen molar-refractivity contribution in [3.8, 4) is 6.07 Å². The van der Waals surface area contributed by atoms with Gasteiger partial charge in [0, 0.05) is 24.5 Å². The van der Waals surface area contributed by atoms with E-state index in [4.69, 9.17) is 16.9 Å². The summed E-state index contributed by atoms with van der Waals surface area (Å²) in [7, 11) is 0. The molecule has 3 heteroatoms. The maximum absolute atomic E-state index is 8.46. The van der Waals surface area contributed by atoms with Gasteiger partial charge in [0.05, 0.1) is 6.07 Å². The Hall–Kier alpha value is -1.04. The van der Waals surface area contributed by atoms with Crippen molar-refractivity contribution in [2.45, 2.75) is 25.9 Å². The second-order valence-corrected chi connectivity index (χ2v) is 4.32. The van der Waals surface area contributed by atoms with Crippen molar-refractivity contribution in [2.24, 2.45) is 0 Å². The Bertz CT molecular complexity index is 395. The molecule has 0 unspecified atom stereocenters. The summed E-state index contributed by atoms with van der Waals surface area (Å²) in [6, 6.07) is 8.26. The second kappa shape index (κ2) is 4.65. The third-order valence-corrected chi connectivity index (χ3v) is 2.95. The summed E-state index contributed by atoms with van der Waals surface area (Å²) in [6.45, 7) is 2.97. The van der Waals surface area contributed by atoms with Crippen LogP contribution in [0.5, 0.6) is 0 Å². The van der Waals surface area contributed by atoms with E-state index < -0.39 is 0 Å². The summed E-state index contributed by atoms with van der Waals surface area (Å²) in [5.74, 6) is 0. The third kappa shape index (κ3) is 2.50. The molecule has 0 spiro atoms. The zero-order valence-electron chi connectivity index (χ0n) is 8.54. The zero-order valence-corrected chi connectivity index (χ0v) is 9.30. The van der Waals surface area contributed by atoms with E-state index in [-0.39, 0.29) is 0 Å². The van der Waals surface area contributed by atoms with Crippen molar-refractivity contribution in [3.05, 3.63) is 34.3 Å². The minimum atomic E-state index is 0.646. The number of hydrogen-bond acceptors (Lipinski definition) is 2. The first-order valence-corrected chi connectivity index (χ1v) is 5.54. The van der Waals surface area contributed by atoms with E-state index in [2.05, 4.69) is 17.0 Å². The van der Waals surface area contributed by atoms with Gasteiger partial charge in [0.2, 0.25) is 0 Å².